The molecule has 0 spiro atoms. The molecule has 2 aliphatic rings. The van der Waals surface area contributed by atoms with Crippen LogP contribution in [0.15, 0.2) is 52.3 Å². The molecule has 1 saturated heterocycles. The van der Waals surface area contributed by atoms with E-state index >= 15 is 0 Å². The maximum absolute atomic E-state index is 13.3. The van der Waals surface area contributed by atoms with Gasteiger partial charge in [-0.15, -0.1) is 11.8 Å². The van der Waals surface area contributed by atoms with Gasteiger partial charge < -0.3 is 14.5 Å². The van der Waals surface area contributed by atoms with Crippen LogP contribution < -0.4 is 9.04 Å². The van der Waals surface area contributed by atoms with E-state index in [4.69, 9.17) is 4.74 Å². The summed E-state index contributed by atoms with van der Waals surface area (Å²) in [6.45, 7) is 6.37. The molecule has 0 radical (unpaired) electrons. The molecular weight excluding hydrogens is 454 g/mol. The van der Waals surface area contributed by atoms with Crippen molar-refractivity contribution < 1.29 is 13.2 Å². The van der Waals surface area contributed by atoms with Gasteiger partial charge >= 0.3 is 0 Å². The number of hydrogen-bond acceptors (Lipinski definition) is 6. The molecular formula is C25H35N3O3S2. The summed E-state index contributed by atoms with van der Waals surface area (Å²) in [5.41, 5.74) is 1.76. The van der Waals surface area contributed by atoms with Crippen molar-refractivity contribution in [2.75, 3.05) is 56.9 Å². The zero-order valence-electron chi connectivity index (χ0n) is 19.9. The molecule has 6 nitrogen and oxygen atoms in total. The van der Waals surface area contributed by atoms with E-state index in [1.54, 1.807) is 23.9 Å². The number of rotatable bonds is 8. The zero-order valence-corrected chi connectivity index (χ0v) is 21.5. The quantitative estimate of drug-likeness (QED) is 0.521. The van der Waals surface area contributed by atoms with Crippen molar-refractivity contribution in [2.24, 2.45) is 0 Å². The number of aryl methyl sites for hydroxylation is 1. The van der Waals surface area contributed by atoms with Crippen molar-refractivity contribution in [3.05, 3.63) is 48.0 Å². The van der Waals surface area contributed by atoms with Crippen LogP contribution in [0.2, 0.25) is 0 Å². The number of fused-ring (bicyclic) bond motifs is 1. The second kappa shape index (κ2) is 10.7. The number of benzene rings is 2. The van der Waals surface area contributed by atoms with Crippen LogP contribution in [0.1, 0.15) is 24.8 Å². The molecule has 1 fully saturated rings. The highest BCUT2D eigenvalue weighted by atomic mass is 32.2. The normalized spacial score (nSPS) is 17.9. The first-order valence-electron chi connectivity index (χ1n) is 11.7. The molecule has 0 atom stereocenters. The summed E-state index contributed by atoms with van der Waals surface area (Å²) >= 11 is 1.69. The Bertz CT molecular complexity index is 1030. The first-order valence-corrected chi connectivity index (χ1v) is 14.1. The van der Waals surface area contributed by atoms with E-state index in [1.165, 1.54) is 17.1 Å². The van der Waals surface area contributed by atoms with E-state index in [0.717, 1.165) is 53.7 Å². The minimum atomic E-state index is -3.61. The number of ether oxygens (including phenoxy) is 1. The molecule has 2 aliphatic heterocycles. The van der Waals surface area contributed by atoms with E-state index in [-0.39, 0.29) is 0 Å². The van der Waals surface area contributed by atoms with Crippen LogP contribution >= 0.6 is 11.8 Å². The van der Waals surface area contributed by atoms with Crippen molar-refractivity contribution in [2.45, 2.75) is 42.0 Å². The number of sulfonamides is 1. The molecule has 8 heteroatoms. The van der Waals surface area contributed by atoms with Gasteiger partial charge in [-0.2, -0.15) is 0 Å². The standard InChI is InChI=1S/C25H35N3O3S2/c1-20-5-8-23(9-6-20)33(29,30)28-16-18-32-25-10-7-22(19-24(25)28)31-17-4-13-27-14-11-21(12-15-27)26(2)3/h5-10,19,21H,4,11-18H2,1-3H3. The molecule has 4 rings (SSSR count). The van der Waals surface area contributed by atoms with Crippen molar-refractivity contribution in [1.29, 1.82) is 0 Å². The Morgan fingerprint density at radius 2 is 1.79 bits per heavy atom. The molecule has 0 aliphatic carbocycles. The van der Waals surface area contributed by atoms with Crippen LogP contribution in [-0.4, -0.2) is 76.9 Å². The third-order valence-electron chi connectivity index (χ3n) is 6.53. The summed E-state index contributed by atoms with van der Waals surface area (Å²) in [5.74, 6) is 1.47. The van der Waals surface area contributed by atoms with Gasteiger partial charge in [0.2, 0.25) is 0 Å². The van der Waals surface area contributed by atoms with Crippen LogP contribution in [0.4, 0.5) is 5.69 Å². The lowest BCUT2D eigenvalue weighted by atomic mass is 10.0. The number of piperidine rings is 1. The fourth-order valence-electron chi connectivity index (χ4n) is 4.49. The molecule has 0 aromatic heterocycles. The Kier molecular flexibility index (Phi) is 7.89. The molecule has 0 saturated carbocycles. The maximum Gasteiger partial charge on any atom is 0.264 e. The van der Waals surface area contributed by atoms with Gasteiger partial charge in [-0.05, 0) is 77.6 Å². The Morgan fingerprint density at radius 1 is 1.06 bits per heavy atom. The number of thioether (sulfide) groups is 1. The van der Waals surface area contributed by atoms with Crippen molar-refractivity contribution in [3.8, 4) is 5.75 Å². The summed E-state index contributed by atoms with van der Waals surface area (Å²) in [5, 5.41) is 0. The molecule has 2 aromatic carbocycles. The number of hydrogen-bond donors (Lipinski definition) is 0. The van der Waals surface area contributed by atoms with Crippen molar-refractivity contribution in [1.82, 2.24) is 9.80 Å². The SMILES string of the molecule is Cc1ccc(S(=O)(=O)N2CCSc3ccc(OCCCN4CCC(N(C)C)CC4)cc32)cc1. The monoisotopic (exact) mass is 489 g/mol. The fourth-order valence-corrected chi connectivity index (χ4v) is 7.11. The van der Waals surface area contributed by atoms with Gasteiger partial charge in [-0.1, -0.05) is 17.7 Å². The summed E-state index contributed by atoms with van der Waals surface area (Å²) in [6.07, 6.45) is 3.41. The molecule has 0 N–H and O–H groups in total. The average molecular weight is 490 g/mol. The Balaban J connectivity index is 1.37. The number of nitrogens with zero attached hydrogens (tertiary/aromatic N) is 3. The highest BCUT2D eigenvalue weighted by Crippen LogP contribution is 2.40. The molecule has 2 heterocycles. The van der Waals surface area contributed by atoms with E-state index in [9.17, 15) is 8.42 Å². The predicted octanol–water partition coefficient (Wildman–Crippen LogP) is 4.09. The summed E-state index contributed by atoms with van der Waals surface area (Å²) in [6, 6.07) is 13.6. The first kappa shape index (κ1) is 24.4. The minimum Gasteiger partial charge on any atom is -0.493 e. The van der Waals surface area contributed by atoms with Gasteiger partial charge in [0.05, 0.1) is 17.2 Å². The topological polar surface area (TPSA) is 53.1 Å². The van der Waals surface area contributed by atoms with Crippen LogP contribution in [0.25, 0.3) is 0 Å². The third-order valence-corrected chi connectivity index (χ3v) is 9.41. The summed E-state index contributed by atoms with van der Waals surface area (Å²) in [7, 11) is 0.725. The predicted molar refractivity (Wildman–Crippen MR) is 136 cm³/mol. The molecule has 0 bridgehead atoms. The van der Waals surface area contributed by atoms with Crippen LogP contribution in [0.3, 0.4) is 0 Å². The highest BCUT2D eigenvalue weighted by Gasteiger charge is 2.30. The minimum absolute atomic E-state index is 0.329. The van der Waals surface area contributed by atoms with Crippen LogP contribution in [0.5, 0.6) is 5.75 Å². The lowest BCUT2D eigenvalue weighted by Crippen LogP contribution is -2.42. The van der Waals surface area contributed by atoms with Gasteiger partial charge in [0.1, 0.15) is 5.75 Å². The van der Waals surface area contributed by atoms with Crippen molar-refractivity contribution >= 4 is 27.5 Å². The second-order valence-corrected chi connectivity index (χ2v) is 12.1. The number of likely N-dealkylation sites (tertiary alicyclic amines) is 1. The molecule has 2 aromatic rings. The zero-order chi connectivity index (χ0) is 23.4. The fraction of sp³-hybridized carbons (Fsp3) is 0.520. The molecule has 0 amide bonds. The van der Waals surface area contributed by atoms with Crippen molar-refractivity contribution in [3.63, 3.8) is 0 Å². The Morgan fingerprint density at radius 3 is 2.48 bits per heavy atom. The van der Waals surface area contributed by atoms with Gasteiger partial charge in [-0.3, -0.25) is 4.31 Å². The van der Waals surface area contributed by atoms with Gasteiger partial charge in [0.15, 0.2) is 0 Å². The summed E-state index contributed by atoms with van der Waals surface area (Å²) in [4.78, 5) is 6.16. The molecule has 33 heavy (non-hydrogen) atoms. The molecule has 180 valence electrons. The van der Waals surface area contributed by atoms with Gasteiger partial charge in [-0.25, -0.2) is 8.42 Å². The average Bonchev–Trinajstić information content (AvgIpc) is 2.82. The van der Waals surface area contributed by atoms with E-state index in [0.29, 0.717) is 24.1 Å². The summed E-state index contributed by atoms with van der Waals surface area (Å²) < 4.78 is 34.3. The van der Waals surface area contributed by atoms with Gasteiger partial charge in [0, 0.05) is 35.8 Å². The second-order valence-electron chi connectivity index (χ2n) is 9.11. The van der Waals surface area contributed by atoms with Crippen LogP contribution in [0, 0.1) is 6.92 Å². The Hall–Kier alpha value is -1.74. The highest BCUT2D eigenvalue weighted by molar-refractivity contribution is 8.00. The van der Waals surface area contributed by atoms with E-state index in [2.05, 4.69) is 23.9 Å². The molecule has 0 unspecified atom stereocenters. The number of anilines is 1. The smallest absolute Gasteiger partial charge is 0.264 e. The van der Waals surface area contributed by atoms with E-state index < -0.39 is 10.0 Å². The van der Waals surface area contributed by atoms with Crippen LogP contribution in [-0.2, 0) is 10.0 Å². The largest absolute Gasteiger partial charge is 0.493 e. The maximum atomic E-state index is 13.3. The first-order chi connectivity index (χ1) is 15.8. The van der Waals surface area contributed by atoms with E-state index in [1.807, 2.05) is 37.3 Å². The Labute approximate surface area is 202 Å². The lowest BCUT2D eigenvalue weighted by Gasteiger charge is -2.35. The van der Waals surface area contributed by atoms with Gasteiger partial charge in [0.25, 0.3) is 10.0 Å². The third kappa shape index (κ3) is 5.85. The lowest BCUT2D eigenvalue weighted by molar-refractivity contribution is 0.138.